The van der Waals surface area contributed by atoms with Crippen molar-refractivity contribution in [3.63, 3.8) is 0 Å². The van der Waals surface area contributed by atoms with Crippen molar-refractivity contribution in [1.29, 1.82) is 0 Å². The van der Waals surface area contributed by atoms with E-state index in [1.54, 1.807) is 36.4 Å². The molecule has 2 aromatic rings. The molecule has 26 heavy (non-hydrogen) atoms. The van der Waals surface area contributed by atoms with E-state index in [0.717, 1.165) is 5.56 Å². The maximum absolute atomic E-state index is 12.9. The summed E-state index contributed by atoms with van der Waals surface area (Å²) in [6.07, 6.45) is 3.18. The minimum atomic E-state index is -0.484. The number of carbonyl (C=O) groups is 2. The summed E-state index contributed by atoms with van der Waals surface area (Å²) in [7, 11) is 0. The molecule has 0 saturated heterocycles. The van der Waals surface area contributed by atoms with E-state index in [1.165, 1.54) is 19.1 Å². The third-order valence-corrected chi connectivity index (χ3v) is 3.99. The zero-order valence-electron chi connectivity index (χ0n) is 14.3. The molecule has 0 spiro atoms. The Labute approximate surface area is 150 Å². The second-order valence-electron chi connectivity index (χ2n) is 6.07. The molecule has 0 bridgehead atoms. The minimum Gasteiger partial charge on any atom is -0.326 e. The number of non-ortho nitro benzene ring substituents is 1. The number of fused-ring (bicyclic) bond motifs is 1. The zero-order valence-corrected chi connectivity index (χ0v) is 14.3. The molecular formula is C20H16N2O4. The van der Waals surface area contributed by atoms with Crippen LogP contribution >= 0.6 is 0 Å². The molecule has 6 nitrogen and oxygen atoms in total. The molecule has 0 atom stereocenters. The summed E-state index contributed by atoms with van der Waals surface area (Å²) < 4.78 is 0. The van der Waals surface area contributed by atoms with Crippen LogP contribution in [0.2, 0.25) is 0 Å². The van der Waals surface area contributed by atoms with E-state index in [4.69, 9.17) is 0 Å². The lowest BCUT2D eigenvalue weighted by molar-refractivity contribution is -0.384. The van der Waals surface area contributed by atoms with Crippen LogP contribution < -0.4 is 5.32 Å². The maximum atomic E-state index is 12.9. The number of amides is 1. The molecule has 3 rings (SSSR count). The highest BCUT2D eigenvalue weighted by Gasteiger charge is 2.24. The molecule has 1 N–H and O–H groups in total. The number of hydrogen-bond acceptors (Lipinski definition) is 4. The number of nitrogens with one attached hydrogen (secondary N) is 1. The monoisotopic (exact) mass is 348 g/mol. The lowest BCUT2D eigenvalue weighted by atomic mass is 9.88. The molecule has 1 amide bonds. The van der Waals surface area contributed by atoms with Gasteiger partial charge in [0.1, 0.15) is 0 Å². The van der Waals surface area contributed by atoms with Crippen LogP contribution in [0.25, 0.3) is 11.8 Å². The van der Waals surface area contributed by atoms with E-state index in [-0.39, 0.29) is 17.4 Å². The molecule has 0 heterocycles. The second-order valence-corrected chi connectivity index (χ2v) is 6.07. The first kappa shape index (κ1) is 17.3. The largest absolute Gasteiger partial charge is 0.326 e. The van der Waals surface area contributed by atoms with Crippen LogP contribution in [0.5, 0.6) is 0 Å². The quantitative estimate of drug-likeness (QED) is 0.521. The fourth-order valence-electron chi connectivity index (χ4n) is 2.84. The summed E-state index contributed by atoms with van der Waals surface area (Å²) in [6.45, 7) is 3.28. The number of rotatable bonds is 3. The SMILES string of the molecule is CC(=O)NC1=CC(=Cc2cccc([N+](=O)[O-])c2)C(=O)c2cc(C)ccc21. The third-order valence-electron chi connectivity index (χ3n) is 3.99. The van der Waals surface area contributed by atoms with Gasteiger partial charge in [0, 0.05) is 41.5 Å². The zero-order chi connectivity index (χ0) is 18.8. The number of nitro benzene ring substituents is 1. The Morgan fingerprint density at radius 3 is 2.62 bits per heavy atom. The average Bonchev–Trinajstić information content (AvgIpc) is 2.58. The van der Waals surface area contributed by atoms with Crippen LogP contribution in [0.15, 0.2) is 54.1 Å². The summed E-state index contributed by atoms with van der Waals surface area (Å²) in [5.74, 6) is -0.434. The van der Waals surface area contributed by atoms with E-state index in [0.29, 0.717) is 28.0 Å². The molecule has 130 valence electrons. The lowest BCUT2D eigenvalue weighted by Crippen LogP contribution is -2.23. The van der Waals surface area contributed by atoms with Gasteiger partial charge in [-0.05, 0) is 30.7 Å². The van der Waals surface area contributed by atoms with Gasteiger partial charge in [0.15, 0.2) is 5.78 Å². The van der Waals surface area contributed by atoms with E-state index < -0.39 is 4.92 Å². The number of benzene rings is 2. The summed E-state index contributed by atoms with van der Waals surface area (Å²) in [5, 5.41) is 13.7. The van der Waals surface area contributed by atoms with Crippen molar-refractivity contribution in [2.24, 2.45) is 0 Å². The van der Waals surface area contributed by atoms with Gasteiger partial charge in [-0.15, -0.1) is 0 Å². The Kier molecular flexibility index (Phi) is 4.49. The summed E-state index contributed by atoms with van der Waals surface area (Å²) in [5.41, 5.74) is 3.45. The van der Waals surface area contributed by atoms with Gasteiger partial charge in [-0.3, -0.25) is 19.7 Å². The molecule has 1 aliphatic carbocycles. The van der Waals surface area contributed by atoms with Crippen molar-refractivity contribution in [3.8, 4) is 0 Å². The molecule has 2 aromatic carbocycles. The van der Waals surface area contributed by atoms with E-state index in [9.17, 15) is 19.7 Å². The molecule has 0 aromatic heterocycles. The van der Waals surface area contributed by atoms with Crippen molar-refractivity contribution >= 4 is 29.2 Å². The molecular weight excluding hydrogens is 332 g/mol. The van der Waals surface area contributed by atoms with Gasteiger partial charge >= 0.3 is 0 Å². The van der Waals surface area contributed by atoms with Crippen LogP contribution in [0.1, 0.15) is 34.0 Å². The maximum Gasteiger partial charge on any atom is 0.270 e. The lowest BCUT2D eigenvalue weighted by Gasteiger charge is -2.19. The molecule has 0 saturated carbocycles. The van der Waals surface area contributed by atoms with Gasteiger partial charge in [0.05, 0.1) is 4.92 Å². The van der Waals surface area contributed by atoms with Gasteiger partial charge in [0.25, 0.3) is 5.69 Å². The van der Waals surface area contributed by atoms with E-state index in [1.807, 2.05) is 13.0 Å². The predicted molar refractivity (Wildman–Crippen MR) is 98.4 cm³/mol. The number of carbonyl (C=O) groups excluding carboxylic acids is 2. The summed E-state index contributed by atoms with van der Waals surface area (Å²) in [6, 6.07) is 11.5. The van der Waals surface area contributed by atoms with Crippen LogP contribution in [-0.2, 0) is 4.79 Å². The molecule has 1 aliphatic rings. The standard InChI is InChI=1S/C20H16N2O4/c1-12-6-7-17-18(8-12)20(24)15(11-19(17)21-13(2)23)9-14-4-3-5-16(10-14)22(25)26/h3-11H,1-2H3,(H,21,23). The summed E-state index contributed by atoms with van der Waals surface area (Å²) in [4.78, 5) is 34.8. The Morgan fingerprint density at radius 1 is 1.15 bits per heavy atom. The Morgan fingerprint density at radius 2 is 1.92 bits per heavy atom. The normalized spacial score (nSPS) is 14.6. The number of aryl methyl sites for hydroxylation is 1. The van der Waals surface area contributed by atoms with Gasteiger partial charge in [-0.2, -0.15) is 0 Å². The van der Waals surface area contributed by atoms with Gasteiger partial charge in [0.2, 0.25) is 5.91 Å². The fraction of sp³-hybridized carbons (Fsp3) is 0.100. The number of allylic oxidation sites excluding steroid dienone is 2. The highest BCUT2D eigenvalue weighted by Crippen LogP contribution is 2.30. The minimum absolute atomic E-state index is 0.0510. The van der Waals surface area contributed by atoms with Crippen molar-refractivity contribution in [2.45, 2.75) is 13.8 Å². The molecule has 0 radical (unpaired) electrons. The predicted octanol–water partition coefficient (Wildman–Crippen LogP) is 3.66. The number of ketones is 1. The van der Waals surface area contributed by atoms with E-state index in [2.05, 4.69) is 5.32 Å². The molecule has 6 heteroatoms. The first-order chi connectivity index (χ1) is 12.3. The van der Waals surface area contributed by atoms with Gasteiger partial charge in [-0.1, -0.05) is 29.8 Å². The van der Waals surface area contributed by atoms with E-state index >= 15 is 0 Å². The van der Waals surface area contributed by atoms with Crippen LogP contribution in [0, 0.1) is 17.0 Å². The second kappa shape index (κ2) is 6.76. The first-order valence-electron chi connectivity index (χ1n) is 7.96. The number of nitrogens with zero attached hydrogens (tertiary/aromatic N) is 1. The van der Waals surface area contributed by atoms with Crippen molar-refractivity contribution in [3.05, 3.63) is 86.5 Å². The Hall–Kier alpha value is -3.54. The molecule has 0 fully saturated rings. The van der Waals surface area contributed by atoms with Gasteiger partial charge < -0.3 is 5.32 Å². The Balaban J connectivity index is 2.12. The average molecular weight is 348 g/mol. The smallest absolute Gasteiger partial charge is 0.270 e. The van der Waals surface area contributed by atoms with Crippen molar-refractivity contribution in [1.82, 2.24) is 5.32 Å². The number of nitro groups is 1. The topological polar surface area (TPSA) is 89.3 Å². The number of Topliss-reactive ketones (excluding diaryl/α,β-unsaturated/α-hetero) is 1. The van der Waals surface area contributed by atoms with Crippen LogP contribution in [-0.4, -0.2) is 16.6 Å². The number of hydrogen-bond donors (Lipinski definition) is 1. The third kappa shape index (κ3) is 3.44. The van der Waals surface area contributed by atoms with Gasteiger partial charge in [-0.25, -0.2) is 0 Å². The fourth-order valence-corrected chi connectivity index (χ4v) is 2.84. The van der Waals surface area contributed by atoms with Crippen LogP contribution in [0.3, 0.4) is 0 Å². The van der Waals surface area contributed by atoms with Crippen molar-refractivity contribution in [2.75, 3.05) is 0 Å². The molecule has 0 aliphatic heterocycles. The summed E-state index contributed by atoms with van der Waals surface area (Å²) >= 11 is 0. The first-order valence-corrected chi connectivity index (χ1v) is 7.96. The Bertz CT molecular complexity index is 1000. The molecule has 0 unspecified atom stereocenters. The van der Waals surface area contributed by atoms with Crippen LogP contribution in [0.4, 0.5) is 5.69 Å². The van der Waals surface area contributed by atoms with Crippen molar-refractivity contribution < 1.29 is 14.5 Å². The highest BCUT2D eigenvalue weighted by atomic mass is 16.6. The highest BCUT2D eigenvalue weighted by molar-refractivity contribution is 6.19.